The van der Waals surface area contributed by atoms with Crippen LogP contribution in [-0.2, 0) is 9.59 Å². The Morgan fingerprint density at radius 3 is 2.47 bits per heavy atom. The first-order chi connectivity index (χ1) is 8.09. The van der Waals surface area contributed by atoms with Crippen LogP contribution in [0, 0.1) is 24.7 Å². The lowest BCUT2D eigenvalue weighted by atomic mass is 10.2. The first-order valence-electron chi connectivity index (χ1n) is 5.70. The second-order valence-electron chi connectivity index (χ2n) is 4.84. The van der Waals surface area contributed by atoms with Gasteiger partial charge in [-0.25, -0.2) is 0 Å². The minimum Gasteiger partial charge on any atom is -0.481 e. The van der Waals surface area contributed by atoms with E-state index in [-0.39, 0.29) is 17.7 Å². The fourth-order valence-electron chi connectivity index (χ4n) is 2.71. The highest BCUT2D eigenvalue weighted by molar-refractivity contribution is 6.04. The van der Waals surface area contributed by atoms with Gasteiger partial charge in [0.2, 0.25) is 5.91 Å². The first kappa shape index (κ1) is 10.3. The zero-order valence-corrected chi connectivity index (χ0v) is 9.46. The fourth-order valence-corrected chi connectivity index (χ4v) is 2.71. The van der Waals surface area contributed by atoms with E-state index in [0.29, 0.717) is 6.54 Å². The SMILES string of the molecule is Cc1ccc(N2CC3C(C(=O)O)C3C2=O)cc1. The normalized spacial score (nSPS) is 30.3. The number of amides is 1. The van der Waals surface area contributed by atoms with E-state index in [1.165, 1.54) is 0 Å². The maximum Gasteiger partial charge on any atom is 0.307 e. The molecule has 2 fully saturated rings. The molecule has 3 rings (SSSR count). The third-order valence-electron chi connectivity index (χ3n) is 3.74. The smallest absolute Gasteiger partial charge is 0.307 e. The zero-order valence-electron chi connectivity index (χ0n) is 9.46. The summed E-state index contributed by atoms with van der Waals surface area (Å²) in [5.41, 5.74) is 2.02. The predicted molar refractivity (Wildman–Crippen MR) is 61.6 cm³/mol. The van der Waals surface area contributed by atoms with E-state index in [9.17, 15) is 9.59 Å². The Labute approximate surface area is 98.9 Å². The number of carbonyl (C=O) groups is 2. The zero-order chi connectivity index (χ0) is 12.2. The summed E-state index contributed by atoms with van der Waals surface area (Å²) in [6.45, 7) is 2.54. The average Bonchev–Trinajstić information content (AvgIpc) is 2.92. The molecular weight excluding hydrogens is 218 g/mol. The second kappa shape index (κ2) is 3.32. The summed E-state index contributed by atoms with van der Waals surface area (Å²) in [7, 11) is 0. The number of rotatable bonds is 2. The number of carboxylic acids is 1. The minimum absolute atomic E-state index is 0.0151. The largest absolute Gasteiger partial charge is 0.481 e. The lowest BCUT2D eigenvalue weighted by Crippen LogP contribution is -2.31. The fraction of sp³-hybridized carbons (Fsp3) is 0.385. The molecule has 0 aromatic heterocycles. The van der Waals surface area contributed by atoms with Crippen LogP contribution in [-0.4, -0.2) is 23.5 Å². The van der Waals surface area contributed by atoms with Crippen molar-refractivity contribution in [2.75, 3.05) is 11.4 Å². The molecule has 88 valence electrons. The van der Waals surface area contributed by atoms with E-state index < -0.39 is 11.9 Å². The highest BCUT2D eigenvalue weighted by Crippen LogP contribution is 2.53. The van der Waals surface area contributed by atoms with Crippen molar-refractivity contribution in [3.8, 4) is 0 Å². The van der Waals surface area contributed by atoms with Gasteiger partial charge in [0.05, 0.1) is 11.8 Å². The molecule has 4 nitrogen and oxygen atoms in total. The maximum absolute atomic E-state index is 12.0. The van der Waals surface area contributed by atoms with Gasteiger partial charge in [0, 0.05) is 18.2 Å². The summed E-state index contributed by atoms with van der Waals surface area (Å²) >= 11 is 0. The van der Waals surface area contributed by atoms with Crippen molar-refractivity contribution < 1.29 is 14.7 Å². The summed E-state index contributed by atoms with van der Waals surface area (Å²) in [5.74, 6) is -1.58. The number of aryl methyl sites for hydroxylation is 1. The Morgan fingerprint density at radius 2 is 2.00 bits per heavy atom. The molecule has 17 heavy (non-hydrogen) atoms. The summed E-state index contributed by atoms with van der Waals surface area (Å²) < 4.78 is 0. The van der Waals surface area contributed by atoms with E-state index in [1.807, 2.05) is 31.2 Å². The van der Waals surface area contributed by atoms with Crippen LogP contribution in [0.1, 0.15) is 5.56 Å². The number of hydrogen-bond donors (Lipinski definition) is 1. The number of carboxylic acid groups (broad SMARTS) is 1. The van der Waals surface area contributed by atoms with Crippen molar-refractivity contribution in [3.63, 3.8) is 0 Å². The van der Waals surface area contributed by atoms with E-state index in [1.54, 1.807) is 4.90 Å². The van der Waals surface area contributed by atoms with Crippen molar-refractivity contribution in [1.82, 2.24) is 0 Å². The molecular formula is C13H13NO3. The third kappa shape index (κ3) is 1.44. The van der Waals surface area contributed by atoms with Crippen LogP contribution in [0.25, 0.3) is 0 Å². The Kier molecular flexibility index (Phi) is 2.02. The van der Waals surface area contributed by atoms with Crippen LogP contribution >= 0.6 is 0 Å². The highest BCUT2D eigenvalue weighted by Gasteiger charge is 2.65. The predicted octanol–water partition coefficient (Wildman–Crippen LogP) is 1.29. The highest BCUT2D eigenvalue weighted by atomic mass is 16.4. The molecule has 0 radical (unpaired) electrons. The molecule has 1 saturated carbocycles. The number of aliphatic carboxylic acids is 1. The second-order valence-corrected chi connectivity index (χ2v) is 4.84. The van der Waals surface area contributed by atoms with Gasteiger partial charge in [-0.2, -0.15) is 0 Å². The number of benzene rings is 1. The molecule has 0 bridgehead atoms. The molecule has 3 atom stereocenters. The van der Waals surface area contributed by atoms with Gasteiger partial charge in [0.15, 0.2) is 0 Å². The van der Waals surface area contributed by atoms with E-state index in [2.05, 4.69) is 0 Å². The topological polar surface area (TPSA) is 57.6 Å². The standard InChI is InChI=1S/C13H13NO3/c1-7-2-4-8(5-3-7)14-6-9-10(12(14)15)11(9)13(16)17/h2-5,9-11H,6H2,1H3,(H,16,17). The average molecular weight is 231 g/mol. The molecule has 2 aliphatic rings. The van der Waals surface area contributed by atoms with Gasteiger partial charge in [0.1, 0.15) is 0 Å². The van der Waals surface area contributed by atoms with Crippen LogP contribution in [0.15, 0.2) is 24.3 Å². The molecule has 4 heteroatoms. The Bertz CT molecular complexity index is 494. The van der Waals surface area contributed by atoms with Crippen molar-refractivity contribution in [2.45, 2.75) is 6.92 Å². The van der Waals surface area contributed by atoms with Gasteiger partial charge in [-0.15, -0.1) is 0 Å². The summed E-state index contributed by atoms with van der Waals surface area (Å²) in [5, 5.41) is 8.90. The molecule has 1 heterocycles. The minimum atomic E-state index is -0.836. The number of fused-ring (bicyclic) bond motifs is 1. The van der Waals surface area contributed by atoms with Crippen LogP contribution in [0.4, 0.5) is 5.69 Å². The molecule has 1 aliphatic carbocycles. The molecule has 3 unspecified atom stereocenters. The van der Waals surface area contributed by atoms with Gasteiger partial charge in [-0.05, 0) is 19.1 Å². The molecule has 0 spiro atoms. The van der Waals surface area contributed by atoms with Gasteiger partial charge >= 0.3 is 5.97 Å². The molecule has 1 aliphatic heterocycles. The van der Waals surface area contributed by atoms with Crippen LogP contribution in [0.3, 0.4) is 0 Å². The Balaban J connectivity index is 1.80. The van der Waals surface area contributed by atoms with Gasteiger partial charge < -0.3 is 10.0 Å². The Morgan fingerprint density at radius 1 is 1.35 bits per heavy atom. The van der Waals surface area contributed by atoms with Crippen molar-refractivity contribution in [3.05, 3.63) is 29.8 Å². The van der Waals surface area contributed by atoms with Gasteiger partial charge in [0.25, 0.3) is 0 Å². The van der Waals surface area contributed by atoms with Crippen molar-refractivity contribution in [2.24, 2.45) is 17.8 Å². The van der Waals surface area contributed by atoms with Gasteiger partial charge in [-0.1, -0.05) is 17.7 Å². The molecule has 1 saturated heterocycles. The van der Waals surface area contributed by atoms with E-state index >= 15 is 0 Å². The molecule has 1 N–H and O–H groups in total. The molecule has 1 aromatic rings. The van der Waals surface area contributed by atoms with Crippen LogP contribution in [0.2, 0.25) is 0 Å². The van der Waals surface area contributed by atoms with Crippen molar-refractivity contribution in [1.29, 1.82) is 0 Å². The molecule has 1 aromatic carbocycles. The van der Waals surface area contributed by atoms with Crippen molar-refractivity contribution >= 4 is 17.6 Å². The lowest BCUT2D eigenvalue weighted by molar-refractivity contribution is -0.140. The number of hydrogen-bond acceptors (Lipinski definition) is 2. The molecule has 1 amide bonds. The van der Waals surface area contributed by atoms with Crippen LogP contribution in [0.5, 0.6) is 0 Å². The van der Waals surface area contributed by atoms with E-state index in [4.69, 9.17) is 5.11 Å². The first-order valence-corrected chi connectivity index (χ1v) is 5.70. The quantitative estimate of drug-likeness (QED) is 0.834. The summed E-state index contributed by atoms with van der Waals surface area (Å²) in [4.78, 5) is 24.6. The summed E-state index contributed by atoms with van der Waals surface area (Å²) in [6.07, 6.45) is 0. The number of carbonyl (C=O) groups excluding carboxylic acids is 1. The summed E-state index contributed by atoms with van der Waals surface area (Å²) in [6, 6.07) is 7.74. The number of anilines is 1. The third-order valence-corrected chi connectivity index (χ3v) is 3.74. The van der Waals surface area contributed by atoms with E-state index in [0.717, 1.165) is 11.3 Å². The van der Waals surface area contributed by atoms with Gasteiger partial charge in [-0.3, -0.25) is 9.59 Å². The number of piperidine rings is 1. The monoisotopic (exact) mass is 231 g/mol. The maximum atomic E-state index is 12.0. The Hall–Kier alpha value is -1.84. The lowest BCUT2D eigenvalue weighted by Gasteiger charge is -2.19. The number of nitrogens with zero attached hydrogens (tertiary/aromatic N) is 1. The van der Waals surface area contributed by atoms with Crippen LogP contribution < -0.4 is 4.90 Å².